The smallest absolute Gasteiger partial charge is 0.123 e. The van der Waals surface area contributed by atoms with Gasteiger partial charge in [-0.1, -0.05) is 24.4 Å². The second-order valence-corrected chi connectivity index (χ2v) is 4.17. The monoisotopic (exact) mass is 239 g/mol. The molecule has 0 aliphatic heterocycles. The fourth-order valence-corrected chi connectivity index (χ4v) is 1.49. The summed E-state index contributed by atoms with van der Waals surface area (Å²) in [6.07, 6.45) is 0.00490. The summed E-state index contributed by atoms with van der Waals surface area (Å²) in [4.78, 5) is 0.379. The average molecular weight is 239 g/mol. The lowest BCUT2D eigenvalue weighted by Gasteiger charge is -2.16. The Morgan fingerprint density at radius 3 is 2.75 bits per heavy atom. The van der Waals surface area contributed by atoms with Crippen molar-refractivity contribution < 1.29 is 9.47 Å². The van der Waals surface area contributed by atoms with E-state index in [9.17, 15) is 0 Å². The lowest BCUT2D eigenvalue weighted by Crippen LogP contribution is -2.19. The summed E-state index contributed by atoms with van der Waals surface area (Å²) in [6, 6.07) is 5.71. The van der Waals surface area contributed by atoms with Gasteiger partial charge in [0, 0.05) is 12.7 Å². The molecule has 88 valence electrons. The standard InChI is InChI=1S/C12H17NO2S/c1-8-4-5-10(12(13)16)6-11(8)15-9(2)7-14-3/h4-6,9H,7H2,1-3H3,(H2,13,16). The predicted molar refractivity (Wildman–Crippen MR) is 69.0 cm³/mol. The number of rotatable bonds is 5. The molecule has 0 bridgehead atoms. The Labute approximate surface area is 102 Å². The number of hydrogen-bond acceptors (Lipinski definition) is 3. The molecule has 0 aromatic heterocycles. The van der Waals surface area contributed by atoms with Crippen LogP contribution < -0.4 is 10.5 Å². The molecule has 0 aliphatic rings. The van der Waals surface area contributed by atoms with E-state index in [0.29, 0.717) is 11.6 Å². The summed E-state index contributed by atoms with van der Waals surface area (Å²) in [5, 5.41) is 0. The van der Waals surface area contributed by atoms with Gasteiger partial charge in [-0.3, -0.25) is 0 Å². The predicted octanol–water partition coefficient (Wildman–Crippen LogP) is 2.04. The number of nitrogens with two attached hydrogens (primary N) is 1. The van der Waals surface area contributed by atoms with E-state index in [1.54, 1.807) is 7.11 Å². The molecule has 1 unspecified atom stereocenters. The van der Waals surface area contributed by atoms with E-state index in [4.69, 9.17) is 27.4 Å². The molecular weight excluding hydrogens is 222 g/mol. The number of ether oxygens (including phenoxy) is 2. The van der Waals surface area contributed by atoms with Crippen molar-refractivity contribution in [2.45, 2.75) is 20.0 Å². The van der Waals surface area contributed by atoms with Crippen LogP contribution >= 0.6 is 12.2 Å². The first-order chi connectivity index (χ1) is 7.54. The zero-order valence-corrected chi connectivity index (χ0v) is 10.6. The minimum absolute atomic E-state index is 0.00490. The number of hydrogen-bond donors (Lipinski definition) is 1. The van der Waals surface area contributed by atoms with Crippen molar-refractivity contribution in [1.82, 2.24) is 0 Å². The minimum Gasteiger partial charge on any atom is -0.488 e. The molecule has 3 nitrogen and oxygen atoms in total. The molecule has 1 atom stereocenters. The van der Waals surface area contributed by atoms with Gasteiger partial charge in [0.2, 0.25) is 0 Å². The van der Waals surface area contributed by atoms with Crippen LogP contribution in [0.2, 0.25) is 0 Å². The fourth-order valence-electron chi connectivity index (χ4n) is 1.37. The lowest BCUT2D eigenvalue weighted by atomic mass is 10.1. The van der Waals surface area contributed by atoms with Crippen LogP contribution in [0.3, 0.4) is 0 Å². The normalized spacial score (nSPS) is 12.2. The van der Waals surface area contributed by atoms with Gasteiger partial charge in [-0.05, 0) is 25.5 Å². The van der Waals surface area contributed by atoms with E-state index >= 15 is 0 Å². The van der Waals surface area contributed by atoms with Gasteiger partial charge in [0.05, 0.1) is 6.61 Å². The van der Waals surface area contributed by atoms with Crippen molar-refractivity contribution in [3.63, 3.8) is 0 Å². The van der Waals surface area contributed by atoms with Crippen LogP contribution in [0.25, 0.3) is 0 Å². The molecule has 16 heavy (non-hydrogen) atoms. The topological polar surface area (TPSA) is 44.5 Å². The molecule has 0 amide bonds. The molecule has 0 aliphatic carbocycles. The molecule has 0 spiro atoms. The Hall–Kier alpha value is -1.13. The van der Waals surface area contributed by atoms with Crippen molar-refractivity contribution in [1.29, 1.82) is 0 Å². The molecule has 0 saturated carbocycles. The first-order valence-corrected chi connectivity index (χ1v) is 5.51. The van der Waals surface area contributed by atoms with E-state index in [0.717, 1.165) is 16.9 Å². The van der Waals surface area contributed by atoms with Gasteiger partial charge < -0.3 is 15.2 Å². The molecule has 0 radical (unpaired) electrons. The summed E-state index contributed by atoms with van der Waals surface area (Å²) < 4.78 is 10.8. The molecule has 1 aromatic rings. The summed E-state index contributed by atoms with van der Waals surface area (Å²) in [6.45, 7) is 4.49. The Morgan fingerprint density at radius 1 is 1.50 bits per heavy atom. The largest absolute Gasteiger partial charge is 0.488 e. The Morgan fingerprint density at radius 2 is 2.19 bits per heavy atom. The van der Waals surface area contributed by atoms with E-state index < -0.39 is 0 Å². The van der Waals surface area contributed by atoms with E-state index in [1.807, 2.05) is 32.0 Å². The van der Waals surface area contributed by atoms with E-state index in [1.165, 1.54) is 0 Å². The van der Waals surface area contributed by atoms with Gasteiger partial charge in [0.25, 0.3) is 0 Å². The SMILES string of the molecule is COCC(C)Oc1cc(C(N)=S)ccc1C. The summed E-state index contributed by atoms with van der Waals surface area (Å²) in [5.41, 5.74) is 7.45. The van der Waals surface area contributed by atoms with Crippen molar-refractivity contribution >= 4 is 17.2 Å². The van der Waals surface area contributed by atoms with Crippen molar-refractivity contribution in [2.75, 3.05) is 13.7 Å². The highest BCUT2D eigenvalue weighted by atomic mass is 32.1. The quantitative estimate of drug-likeness (QED) is 0.799. The Kier molecular flexibility index (Phi) is 4.71. The first kappa shape index (κ1) is 12.9. The van der Waals surface area contributed by atoms with Gasteiger partial charge >= 0.3 is 0 Å². The molecule has 1 rings (SSSR count). The van der Waals surface area contributed by atoms with Crippen LogP contribution in [0.5, 0.6) is 5.75 Å². The molecule has 0 fully saturated rings. The Balaban J connectivity index is 2.85. The van der Waals surface area contributed by atoms with E-state index in [-0.39, 0.29) is 6.10 Å². The third-order valence-corrected chi connectivity index (χ3v) is 2.44. The van der Waals surface area contributed by atoms with Crippen LogP contribution in [0, 0.1) is 6.92 Å². The maximum atomic E-state index is 5.74. The number of benzene rings is 1. The maximum absolute atomic E-state index is 5.74. The maximum Gasteiger partial charge on any atom is 0.123 e. The number of thiocarbonyl (C=S) groups is 1. The Bertz CT molecular complexity index is 379. The fraction of sp³-hybridized carbons (Fsp3) is 0.417. The summed E-state index contributed by atoms with van der Waals surface area (Å²) in [7, 11) is 1.65. The first-order valence-electron chi connectivity index (χ1n) is 5.10. The molecular formula is C12H17NO2S. The van der Waals surface area contributed by atoms with Gasteiger partial charge in [-0.15, -0.1) is 0 Å². The van der Waals surface area contributed by atoms with Crippen LogP contribution in [0.4, 0.5) is 0 Å². The number of methoxy groups -OCH3 is 1. The van der Waals surface area contributed by atoms with Crippen LogP contribution in [0.1, 0.15) is 18.1 Å². The minimum atomic E-state index is 0.00490. The van der Waals surface area contributed by atoms with Gasteiger partial charge in [0.15, 0.2) is 0 Å². The van der Waals surface area contributed by atoms with Gasteiger partial charge in [0.1, 0.15) is 16.8 Å². The third kappa shape index (κ3) is 3.47. The number of aryl methyl sites for hydroxylation is 1. The van der Waals surface area contributed by atoms with Crippen LogP contribution in [-0.4, -0.2) is 24.8 Å². The molecule has 1 aromatic carbocycles. The van der Waals surface area contributed by atoms with Crippen LogP contribution in [0.15, 0.2) is 18.2 Å². The molecule has 0 heterocycles. The van der Waals surface area contributed by atoms with Crippen molar-refractivity contribution in [2.24, 2.45) is 5.73 Å². The van der Waals surface area contributed by atoms with Crippen LogP contribution in [-0.2, 0) is 4.74 Å². The third-order valence-electron chi connectivity index (χ3n) is 2.20. The van der Waals surface area contributed by atoms with Crippen molar-refractivity contribution in [3.8, 4) is 5.75 Å². The molecule has 4 heteroatoms. The average Bonchev–Trinajstić information content (AvgIpc) is 2.21. The summed E-state index contributed by atoms with van der Waals surface area (Å²) in [5.74, 6) is 0.801. The highest BCUT2D eigenvalue weighted by Crippen LogP contribution is 2.20. The highest BCUT2D eigenvalue weighted by Gasteiger charge is 2.07. The van der Waals surface area contributed by atoms with Gasteiger partial charge in [-0.2, -0.15) is 0 Å². The lowest BCUT2D eigenvalue weighted by molar-refractivity contribution is 0.0916. The highest BCUT2D eigenvalue weighted by molar-refractivity contribution is 7.80. The van der Waals surface area contributed by atoms with E-state index in [2.05, 4.69) is 0 Å². The van der Waals surface area contributed by atoms with Gasteiger partial charge in [-0.25, -0.2) is 0 Å². The zero-order chi connectivity index (χ0) is 12.1. The second-order valence-electron chi connectivity index (χ2n) is 3.73. The summed E-state index contributed by atoms with van der Waals surface area (Å²) >= 11 is 4.93. The molecule has 2 N–H and O–H groups in total. The van der Waals surface area contributed by atoms with Crippen molar-refractivity contribution in [3.05, 3.63) is 29.3 Å². The zero-order valence-electron chi connectivity index (χ0n) is 9.82. The molecule has 0 saturated heterocycles. The second kappa shape index (κ2) is 5.82.